The van der Waals surface area contributed by atoms with E-state index in [1.165, 1.54) is 24.9 Å². The summed E-state index contributed by atoms with van der Waals surface area (Å²) in [7, 11) is 1.79. The van der Waals surface area contributed by atoms with E-state index in [1.807, 2.05) is 12.1 Å². The molecule has 2 fully saturated rings. The van der Waals surface area contributed by atoms with Gasteiger partial charge in [-0.05, 0) is 38.4 Å². The van der Waals surface area contributed by atoms with Crippen LogP contribution in [0, 0.1) is 6.92 Å². The zero-order chi connectivity index (χ0) is 17.5. The number of rotatable bonds is 6. The largest absolute Gasteiger partial charge is 0.492 e. The third-order valence-corrected chi connectivity index (χ3v) is 4.87. The van der Waals surface area contributed by atoms with Crippen LogP contribution in [0.3, 0.4) is 0 Å². The lowest BCUT2D eigenvalue weighted by molar-refractivity contribution is -0.0453. The van der Waals surface area contributed by atoms with Gasteiger partial charge in [0.05, 0.1) is 19.3 Å². The molecule has 2 unspecified atom stereocenters. The Morgan fingerprint density at radius 3 is 2.96 bits per heavy atom. The molecule has 0 saturated carbocycles. The first-order chi connectivity index (χ1) is 12.2. The molecule has 25 heavy (non-hydrogen) atoms. The molecule has 2 saturated heterocycles. The van der Waals surface area contributed by atoms with E-state index in [-0.39, 0.29) is 6.10 Å². The molecule has 6 heteroatoms. The maximum atomic E-state index is 5.97. The minimum Gasteiger partial charge on any atom is -0.492 e. The highest BCUT2D eigenvalue weighted by Gasteiger charge is 2.32. The average Bonchev–Trinajstić information content (AvgIpc) is 3.10. The first-order valence-electron chi connectivity index (χ1n) is 9.24. The van der Waals surface area contributed by atoms with E-state index in [0.717, 1.165) is 31.4 Å². The van der Waals surface area contributed by atoms with Crippen molar-refractivity contribution in [1.82, 2.24) is 15.5 Å². The summed E-state index contributed by atoms with van der Waals surface area (Å²) in [6.07, 6.45) is 2.82. The summed E-state index contributed by atoms with van der Waals surface area (Å²) in [5.74, 6) is 1.69. The Bertz CT molecular complexity index is 561. The Hall–Kier alpha value is -1.79. The molecule has 0 bridgehead atoms. The van der Waals surface area contributed by atoms with Crippen molar-refractivity contribution in [2.75, 3.05) is 46.4 Å². The van der Waals surface area contributed by atoms with Gasteiger partial charge >= 0.3 is 0 Å². The molecule has 3 rings (SSSR count). The zero-order valence-electron chi connectivity index (χ0n) is 15.3. The maximum Gasteiger partial charge on any atom is 0.191 e. The SMILES string of the molecule is CN=C(NCCOc1ccc(C)cc1)NCC1CN2CCCC2CO1. The molecule has 0 spiro atoms. The van der Waals surface area contributed by atoms with Crippen molar-refractivity contribution in [2.45, 2.75) is 31.9 Å². The van der Waals surface area contributed by atoms with Gasteiger partial charge in [-0.1, -0.05) is 17.7 Å². The van der Waals surface area contributed by atoms with Crippen molar-refractivity contribution in [1.29, 1.82) is 0 Å². The number of hydrogen-bond donors (Lipinski definition) is 2. The van der Waals surface area contributed by atoms with Crippen molar-refractivity contribution < 1.29 is 9.47 Å². The third-order valence-electron chi connectivity index (χ3n) is 4.87. The van der Waals surface area contributed by atoms with E-state index in [1.54, 1.807) is 7.05 Å². The molecule has 2 N–H and O–H groups in total. The topological polar surface area (TPSA) is 58.1 Å². The average molecular weight is 346 g/mol. The number of nitrogens with zero attached hydrogens (tertiary/aromatic N) is 2. The summed E-state index contributed by atoms with van der Waals surface area (Å²) in [5, 5.41) is 6.64. The number of guanidine groups is 1. The molecule has 2 aliphatic heterocycles. The number of aryl methyl sites for hydroxylation is 1. The third kappa shape index (κ3) is 5.34. The van der Waals surface area contributed by atoms with Crippen LogP contribution in [-0.2, 0) is 4.74 Å². The van der Waals surface area contributed by atoms with Crippen LogP contribution < -0.4 is 15.4 Å². The van der Waals surface area contributed by atoms with Crippen molar-refractivity contribution in [3.05, 3.63) is 29.8 Å². The molecule has 6 nitrogen and oxygen atoms in total. The highest BCUT2D eigenvalue weighted by atomic mass is 16.5. The zero-order valence-corrected chi connectivity index (χ0v) is 15.3. The van der Waals surface area contributed by atoms with Gasteiger partial charge in [0.1, 0.15) is 12.4 Å². The van der Waals surface area contributed by atoms with Crippen LogP contribution in [0.1, 0.15) is 18.4 Å². The molecule has 0 radical (unpaired) electrons. The minimum absolute atomic E-state index is 0.233. The fraction of sp³-hybridized carbons (Fsp3) is 0.632. The van der Waals surface area contributed by atoms with E-state index >= 15 is 0 Å². The second kappa shape index (κ2) is 9.06. The van der Waals surface area contributed by atoms with Crippen LogP contribution >= 0.6 is 0 Å². The van der Waals surface area contributed by atoms with Crippen LogP contribution in [0.4, 0.5) is 0 Å². The number of fused-ring (bicyclic) bond motifs is 1. The van der Waals surface area contributed by atoms with Gasteiger partial charge in [-0.2, -0.15) is 0 Å². The number of nitrogens with one attached hydrogen (secondary N) is 2. The predicted molar refractivity (Wildman–Crippen MR) is 100 cm³/mol. The normalized spacial score (nSPS) is 24.0. The molecule has 1 aromatic carbocycles. The first kappa shape index (κ1) is 18.0. The van der Waals surface area contributed by atoms with Gasteiger partial charge in [-0.3, -0.25) is 9.89 Å². The minimum atomic E-state index is 0.233. The summed E-state index contributed by atoms with van der Waals surface area (Å²) in [4.78, 5) is 6.82. The van der Waals surface area contributed by atoms with Gasteiger partial charge < -0.3 is 20.1 Å². The maximum absolute atomic E-state index is 5.97. The molecule has 138 valence electrons. The van der Waals surface area contributed by atoms with Crippen LogP contribution in [0.2, 0.25) is 0 Å². The van der Waals surface area contributed by atoms with Gasteiger partial charge in [-0.25, -0.2) is 0 Å². The fourth-order valence-electron chi connectivity index (χ4n) is 3.41. The predicted octanol–water partition coefficient (Wildman–Crippen LogP) is 1.40. The van der Waals surface area contributed by atoms with E-state index < -0.39 is 0 Å². The van der Waals surface area contributed by atoms with E-state index in [9.17, 15) is 0 Å². The number of aliphatic imine (C=N–C) groups is 1. The molecule has 0 aliphatic carbocycles. The van der Waals surface area contributed by atoms with Crippen LogP contribution in [-0.4, -0.2) is 69.4 Å². The van der Waals surface area contributed by atoms with Crippen LogP contribution in [0.15, 0.2) is 29.3 Å². The summed E-state index contributed by atoms with van der Waals surface area (Å²) >= 11 is 0. The van der Waals surface area contributed by atoms with Crippen LogP contribution in [0.25, 0.3) is 0 Å². The Kier molecular flexibility index (Phi) is 6.53. The standard InChI is InChI=1S/C19H30N4O2/c1-15-5-7-17(8-6-15)24-11-9-21-19(20-2)22-12-18-13-23-10-3-4-16(23)14-25-18/h5-8,16,18H,3-4,9-14H2,1-2H3,(H2,20,21,22). The van der Waals surface area contributed by atoms with Gasteiger partial charge in [0.2, 0.25) is 0 Å². The van der Waals surface area contributed by atoms with Gasteiger partial charge in [0.25, 0.3) is 0 Å². The Labute approximate surface area is 150 Å². The summed E-state index contributed by atoms with van der Waals surface area (Å²) in [5.41, 5.74) is 1.24. The Balaban J connectivity index is 1.32. The number of morpholine rings is 1. The van der Waals surface area contributed by atoms with Gasteiger partial charge in [0.15, 0.2) is 5.96 Å². The van der Waals surface area contributed by atoms with E-state index in [2.05, 4.69) is 39.6 Å². The Morgan fingerprint density at radius 1 is 1.32 bits per heavy atom. The molecule has 2 heterocycles. The first-order valence-corrected chi connectivity index (χ1v) is 9.24. The van der Waals surface area contributed by atoms with Crippen molar-refractivity contribution >= 4 is 5.96 Å². The lowest BCUT2D eigenvalue weighted by Crippen LogP contribution is -2.51. The Morgan fingerprint density at radius 2 is 2.16 bits per heavy atom. The van der Waals surface area contributed by atoms with Crippen molar-refractivity contribution in [3.8, 4) is 5.75 Å². The lowest BCUT2D eigenvalue weighted by atomic mass is 10.2. The fourth-order valence-corrected chi connectivity index (χ4v) is 3.41. The lowest BCUT2D eigenvalue weighted by Gasteiger charge is -2.35. The summed E-state index contributed by atoms with van der Waals surface area (Å²) in [6.45, 7) is 7.25. The van der Waals surface area contributed by atoms with Crippen LogP contribution in [0.5, 0.6) is 5.75 Å². The van der Waals surface area contributed by atoms with E-state index in [0.29, 0.717) is 19.2 Å². The molecule has 0 aromatic heterocycles. The summed E-state index contributed by atoms with van der Waals surface area (Å²) < 4.78 is 11.7. The molecule has 2 aliphatic rings. The number of hydrogen-bond acceptors (Lipinski definition) is 4. The number of benzene rings is 1. The highest BCUT2D eigenvalue weighted by Crippen LogP contribution is 2.22. The second-order valence-electron chi connectivity index (χ2n) is 6.79. The molecule has 0 amide bonds. The molecular formula is C19H30N4O2. The molecule has 1 aromatic rings. The number of ether oxygens (including phenoxy) is 2. The quantitative estimate of drug-likeness (QED) is 0.463. The van der Waals surface area contributed by atoms with Gasteiger partial charge in [-0.15, -0.1) is 0 Å². The van der Waals surface area contributed by atoms with E-state index in [4.69, 9.17) is 9.47 Å². The molecular weight excluding hydrogens is 316 g/mol. The monoisotopic (exact) mass is 346 g/mol. The summed E-state index contributed by atoms with van der Waals surface area (Å²) in [6, 6.07) is 8.74. The second-order valence-corrected chi connectivity index (χ2v) is 6.79. The van der Waals surface area contributed by atoms with Crippen molar-refractivity contribution in [3.63, 3.8) is 0 Å². The molecule has 2 atom stereocenters. The smallest absolute Gasteiger partial charge is 0.191 e. The van der Waals surface area contributed by atoms with Crippen molar-refractivity contribution in [2.24, 2.45) is 4.99 Å². The highest BCUT2D eigenvalue weighted by molar-refractivity contribution is 5.79. The van der Waals surface area contributed by atoms with Gasteiger partial charge in [0, 0.05) is 26.2 Å².